The Morgan fingerprint density at radius 1 is 1.59 bits per heavy atom. The van der Waals surface area contributed by atoms with Gasteiger partial charge in [-0.25, -0.2) is 10.9 Å². The van der Waals surface area contributed by atoms with Gasteiger partial charge in [0.2, 0.25) is 0 Å². The van der Waals surface area contributed by atoms with Crippen LogP contribution in [0.25, 0.3) is 0 Å². The van der Waals surface area contributed by atoms with E-state index in [0.29, 0.717) is 0 Å². The Morgan fingerprint density at radius 3 is 2.82 bits per heavy atom. The second-order valence-corrected chi connectivity index (χ2v) is 6.82. The fourth-order valence-corrected chi connectivity index (χ4v) is 5.00. The minimum Gasteiger partial charge on any atom is -0.496 e. The van der Waals surface area contributed by atoms with E-state index in [-0.39, 0.29) is 11.2 Å². The zero-order chi connectivity index (χ0) is 12.3. The number of hydrogen-bond acceptors (Lipinski definition) is 3. The van der Waals surface area contributed by atoms with Gasteiger partial charge >= 0.3 is 5.97 Å². The smallest absolute Gasteiger partial charge is 0.304 e. The van der Waals surface area contributed by atoms with Gasteiger partial charge in [-0.1, -0.05) is 0 Å². The van der Waals surface area contributed by atoms with Crippen LogP contribution in [0, 0.1) is 0 Å². The molecule has 0 radical (unpaired) electrons. The number of ether oxygens (including phenoxy) is 1. The molecule has 2 heterocycles. The van der Waals surface area contributed by atoms with E-state index in [9.17, 15) is 4.79 Å². The molecular weight excluding hydrogens is 238 g/mol. The fourth-order valence-electron chi connectivity index (χ4n) is 2.49. The molecule has 0 spiro atoms. The highest BCUT2D eigenvalue weighted by atomic mass is 32.2. The van der Waals surface area contributed by atoms with Crippen molar-refractivity contribution >= 4 is 16.9 Å². The lowest BCUT2D eigenvalue weighted by molar-refractivity contribution is -0.137. The second kappa shape index (κ2) is 5.14. The van der Waals surface area contributed by atoms with E-state index in [1.54, 1.807) is 7.11 Å². The summed E-state index contributed by atoms with van der Waals surface area (Å²) in [5, 5.41) is 16.7. The normalized spacial score (nSPS) is 28.8. The highest BCUT2D eigenvalue weighted by Crippen LogP contribution is 2.54. The number of allylic oxidation sites excluding steroid dienone is 1. The van der Waals surface area contributed by atoms with Crippen LogP contribution in [0.3, 0.4) is 0 Å². The van der Waals surface area contributed by atoms with Crippen molar-refractivity contribution in [2.24, 2.45) is 0 Å². The molecule has 0 amide bonds. The van der Waals surface area contributed by atoms with Gasteiger partial charge < -0.3 is 15.2 Å². The standard InChI is InChI=1S/C12H19NO3S/c1-16-10-2-7-17(9-10)12(8-11(14)15)3-5-13-6-4-12/h2,7,9,13,17H,3-6,8H2,1H3,(H,14,15). The van der Waals surface area contributed by atoms with Crippen LogP contribution >= 0.6 is 10.9 Å². The van der Waals surface area contributed by atoms with Crippen molar-refractivity contribution in [2.45, 2.75) is 24.0 Å². The van der Waals surface area contributed by atoms with E-state index >= 15 is 0 Å². The maximum Gasteiger partial charge on any atom is 0.304 e. The molecule has 0 saturated carbocycles. The van der Waals surface area contributed by atoms with E-state index in [1.807, 2.05) is 6.08 Å². The Morgan fingerprint density at radius 2 is 2.29 bits per heavy atom. The molecule has 2 aliphatic heterocycles. The van der Waals surface area contributed by atoms with Crippen molar-refractivity contribution in [2.75, 3.05) is 20.2 Å². The number of methoxy groups -OCH3 is 1. The van der Waals surface area contributed by atoms with E-state index < -0.39 is 16.9 Å². The second-order valence-electron chi connectivity index (χ2n) is 4.50. The summed E-state index contributed by atoms with van der Waals surface area (Å²) >= 11 is 0. The average Bonchev–Trinajstić information content (AvgIpc) is 2.78. The highest BCUT2D eigenvalue weighted by Gasteiger charge is 2.39. The summed E-state index contributed by atoms with van der Waals surface area (Å²) in [6, 6.07) is 0. The number of carbonyl (C=O) groups is 1. The van der Waals surface area contributed by atoms with Gasteiger partial charge in [-0.2, -0.15) is 0 Å². The molecular formula is C12H19NO3S. The molecule has 4 nitrogen and oxygen atoms in total. The van der Waals surface area contributed by atoms with Crippen molar-refractivity contribution in [3.63, 3.8) is 0 Å². The Balaban J connectivity index is 2.18. The third-order valence-corrected chi connectivity index (χ3v) is 6.17. The molecule has 0 bridgehead atoms. The average molecular weight is 257 g/mol. The topological polar surface area (TPSA) is 58.6 Å². The SMILES string of the molecule is COC1=C[SH](C2(CC(=O)O)CCNCC2)C=C1. The molecule has 0 aliphatic carbocycles. The summed E-state index contributed by atoms with van der Waals surface area (Å²) in [5.41, 5.74) is 0. The first kappa shape index (κ1) is 12.5. The summed E-state index contributed by atoms with van der Waals surface area (Å²) in [5.74, 6) is 0.182. The minimum absolute atomic E-state index is 0.0802. The van der Waals surface area contributed by atoms with Gasteiger partial charge in [0.15, 0.2) is 0 Å². The number of aliphatic carboxylic acids is 1. The Bertz CT molecular complexity index is 359. The van der Waals surface area contributed by atoms with Gasteiger partial charge in [-0.3, -0.25) is 4.79 Å². The van der Waals surface area contributed by atoms with Gasteiger partial charge in [0, 0.05) is 4.75 Å². The van der Waals surface area contributed by atoms with Gasteiger partial charge in [-0.15, -0.1) is 0 Å². The van der Waals surface area contributed by atoms with Crippen molar-refractivity contribution in [3.8, 4) is 0 Å². The molecule has 1 saturated heterocycles. The van der Waals surface area contributed by atoms with Crippen molar-refractivity contribution < 1.29 is 14.6 Å². The molecule has 1 fully saturated rings. The molecule has 1 unspecified atom stereocenters. The predicted molar refractivity (Wildman–Crippen MR) is 70.3 cm³/mol. The molecule has 0 aromatic heterocycles. The van der Waals surface area contributed by atoms with Crippen LogP contribution < -0.4 is 5.32 Å². The molecule has 2 rings (SSSR count). The van der Waals surface area contributed by atoms with E-state index in [0.717, 1.165) is 31.7 Å². The predicted octanol–water partition coefficient (Wildman–Crippen LogP) is 1.60. The summed E-state index contributed by atoms with van der Waals surface area (Å²) in [6.45, 7) is 1.83. The number of piperidine rings is 1. The maximum absolute atomic E-state index is 11.1. The number of nitrogens with one attached hydrogen (secondary N) is 1. The molecule has 2 aliphatic rings. The third-order valence-electron chi connectivity index (χ3n) is 3.46. The first-order valence-corrected chi connectivity index (χ1v) is 7.29. The summed E-state index contributed by atoms with van der Waals surface area (Å²) < 4.78 is 5.13. The highest BCUT2D eigenvalue weighted by molar-refractivity contribution is 8.23. The molecule has 96 valence electrons. The van der Waals surface area contributed by atoms with Crippen LogP contribution in [-0.2, 0) is 9.53 Å². The number of carboxylic acids is 1. The molecule has 0 aromatic rings. The van der Waals surface area contributed by atoms with Crippen LogP contribution in [0.15, 0.2) is 22.7 Å². The lowest BCUT2D eigenvalue weighted by Crippen LogP contribution is -2.42. The molecule has 1 atom stereocenters. The Kier molecular flexibility index (Phi) is 3.79. The van der Waals surface area contributed by atoms with Crippen LogP contribution in [0.5, 0.6) is 0 Å². The van der Waals surface area contributed by atoms with Crippen LogP contribution in [0.2, 0.25) is 0 Å². The van der Waals surface area contributed by atoms with Crippen LogP contribution in [0.1, 0.15) is 19.3 Å². The monoisotopic (exact) mass is 257 g/mol. The van der Waals surface area contributed by atoms with Gasteiger partial charge in [0.1, 0.15) is 5.76 Å². The molecule has 5 heteroatoms. The zero-order valence-corrected chi connectivity index (χ0v) is 10.9. The van der Waals surface area contributed by atoms with Gasteiger partial charge in [-0.05, 0) is 42.8 Å². The van der Waals surface area contributed by atoms with E-state index in [1.165, 1.54) is 0 Å². The Hall–Kier alpha value is -0.940. The Labute approximate surface area is 104 Å². The minimum atomic E-state index is -0.693. The lowest BCUT2D eigenvalue weighted by Gasteiger charge is -2.42. The number of hydrogen-bond donors (Lipinski definition) is 3. The number of thiol groups is 1. The van der Waals surface area contributed by atoms with Crippen molar-refractivity contribution in [1.82, 2.24) is 5.32 Å². The number of carboxylic acid groups (broad SMARTS) is 1. The lowest BCUT2D eigenvalue weighted by atomic mass is 9.93. The molecule has 17 heavy (non-hydrogen) atoms. The largest absolute Gasteiger partial charge is 0.496 e. The summed E-state index contributed by atoms with van der Waals surface area (Å²) in [6.07, 6.45) is 4.10. The van der Waals surface area contributed by atoms with E-state index in [2.05, 4.69) is 16.1 Å². The fraction of sp³-hybridized carbons (Fsp3) is 0.583. The summed E-state index contributed by atoms with van der Waals surface area (Å²) in [4.78, 5) is 11.1. The van der Waals surface area contributed by atoms with E-state index in [4.69, 9.17) is 9.84 Å². The third kappa shape index (κ3) is 2.66. The molecule has 0 aromatic carbocycles. The van der Waals surface area contributed by atoms with Gasteiger partial charge in [0.05, 0.1) is 13.5 Å². The molecule has 2 N–H and O–H groups in total. The first-order chi connectivity index (χ1) is 8.16. The van der Waals surface area contributed by atoms with Crippen molar-refractivity contribution in [3.05, 3.63) is 22.7 Å². The van der Waals surface area contributed by atoms with Crippen molar-refractivity contribution in [1.29, 1.82) is 0 Å². The quantitative estimate of drug-likeness (QED) is 0.670. The van der Waals surface area contributed by atoms with Crippen LogP contribution in [0.4, 0.5) is 0 Å². The van der Waals surface area contributed by atoms with Crippen LogP contribution in [-0.4, -0.2) is 36.0 Å². The zero-order valence-electron chi connectivity index (χ0n) is 9.98. The van der Waals surface area contributed by atoms with Gasteiger partial charge in [0.25, 0.3) is 0 Å². The first-order valence-electron chi connectivity index (χ1n) is 5.81. The number of rotatable bonds is 4. The maximum atomic E-state index is 11.1. The summed E-state index contributed by atoms with van der Waals surface area (Å²) in [7, 11) is 1.14.